The molecule has 2 atom stereocenters. The van der Waals surface area contributed by atoms with Crippen LogP contribution in [0.15, 0.2) is 48.5 Å². The van der Waals surface area contributed by atoms with Gasteiger partial charge in [0.15, 0.2) is 0 Å². The molecule has 5 nitrogen and oxygen atoms in total. The number of halogens is 3. The van der Waals surface area contributed by atoms with Crippen LogP contribution in [0.25, 0.3) is 0 Å². The van der Waals surface area contributed by atoms with Gasteiger partial charge in [0.05, 0.1) is 11.5 Å². The number of fused-ring (bicyclic) bond motifs is 1. The molecule has 1 amide bonds. The molecule has 9 heteroatoms. The number of hydrogen-bond donors (Lipinski definition) is 1. The number of carbonyl (C=O) groups is 1. The monoisotopic (exact) mass is 498 g/mol. The van der Waals surface area contributed by atoms with Gasteiger partial charge in [-0.05, 0) is 48.1 Å². The SMILES string of the molecule is C[C@@H]1c2ccccc2C[C@@H]1Nc1ccc(CN(C)C(=O)C2CCS(=O)(=O)CC2)cc1.FC(F)F.[HH]. The number of hydrogen-bond acceptors (Lipinski definition) is 4. The second kappa shape index (κ2) is 11.3. The second-order valence-corrected chi connectivity index (χ2v) is 11.3. The van der Waals surface area contributed by atoms with E-state index >= 15 is 0 Å². The van der Waals surface area contributed by atoms with Crippen LogP contribution in [0.4, 0.5) is 18.9 Å². The summed E-state index contributed by atoms with van der Waals surface area (Å²) in [6.07, 6.45) is 1.92. The lowest BCUT2D eigenvalue weighted by Gasteiger charge is -2.26. The molecule has 2 aliphatic rings. The maximum atomic E-state index is 12.7. The Balaban J connectivity index is 0.000000804. The van der Waals surface area contributed by atoms with E-state index in [0.29, 0.717) is 31.3 Å². The van der Waals surface area contributed by atoms with Crippen LogP contribution in [-0.2, 0) is 27.6 Å². The molecule has 34 heavy (non-hydrogen) atoms. The fraction of sp³-hybridized carbons (Fsp3) is 0.480. The summed E-state index contributed by atoms with van der Waals surface area (Å²) in [4.78, 5) is 14.4. The van der Waals surface area contributed by atoms with Gasteiger partial charge in [-0.3, -0.25) is 4.79 Å². The Kier molecular flexibility index (Phi) is 8.62. The number of amides is 1. The van der Waals surface area contributed by atoms with E-state index in [1.807, 2.05) is 0 Å². The number of nitrogens with zero attached hydrogens (tertiary/aromatic N) is 1. The van der Waals surface area contributed by atoms with E-state index in [1.165, 1.54) is 11.1 Å². The predicted molar refractivity (Wildman–Crippen MR) is 129 cm³/mol. The number of rotatable bonds is 5. The summed E-state index contributed by atoms with van der Waals surface area (Å²) in [5, 5.41) is 3.66. The van der Waals surface area contributed by atoms with Crippen molar-refractivity contribution in [2.45, 2.75) is 51.4 Å². The van der Waals surface area contributed by atoms with E-state index in [9.17, 15) is 26.4 Å². The summed E-state index contributed by atoms with van der Waals surface area (Å²) in [5.74, 6) is 0.598. The topological polar surface area (TPSA) is 66.5 Å². The van der Waals surface area contributed by atoms with Crippen molar-refractivity contribution in [3.05, 3.63) is 65.2 Å². The average Bonchev–Trinajstić information content (AvgIpc) is 3.09. The zero-order chi connectivity index (χ0) is 24.9. The summed E-state index contributed by atoms with van der Waals surface area (Å²) in [5.41, 5.74) is 5.02. The Morgan fingerprint density at radius 2 is 1.68 bits per heavy atom. The van der Waals surface area contributed by atoms with Crippen LogP contribution in [-0.4, -0.2) is 50.5 Å². The van der Waals surface area contributed by atoms with Crippen LogP contribution in [0, 0.1) is 5.92 Å². The summed E-state index contributed by atoms with van der Waals surface area (Å²) in [6.45, 7) is -0.859. The molecule has 1 heterocycles. The van der Waals surface area contributed by atoms with Gasteiger partial charge in [0.1, 0.15) is 9.84 Å². The molecular formula is C25H33F3N2O3S. The smallest absolute Gasteiger partial charge is 0.379 e. The van der Waals surface area contributed by atoms with Gasteiger partial charge in [-0.2, -0.15) is 13.2 Å². The van der Waals surface area contributed by atoms with E-state index in [1.54, 1.807) is 11.9 Å². The van der Waals surface area contributed by atoms with Gasteiger partial charge in [0.25, 0.3) is 0 Å². The fourth-order valence-electron chi connectivity index (χ4n) is 4.69. The molecule has 2 aromatic rings. The van der Waals surface area contributed by atoms with Gasteiger partial charge in [0.2, 0.25) is 5.91 Å². The Morgan fingerprint density at radius 1 is 1.09 bits per heavy atom. The number of nitrogens with one attached hydrogen (secondary N) is 1. The molecule has 0 unspecified atom stereocenters. The Bertz CT molecular complexity index is 1070. The van der Waals surface area contributed by atoms with Crippen molar-refractivity contribution in [3.8, 4) is 0 Å². The first-order valence-corrected chi connectivity index (χ1v) is 13.2. The first-order valence-electron chi connectivity index (χ1n) is 11.4. The van der Waals surface area contributed by atoms with Gasteiger partial charge in [-0.25, -0.2) is 8.42 Å². The highest BCUT2D eigenvalue weighted by molar-refractivity contribution is 7.91. The Morgan fingerprint density at radius 3 is 2.26 bits per heavy atom. The fourth-order valence-corrected chi connectivity index (χ4v) is 6.18. The van der Waals surface area contributed by atoms with Crippen molar-refractivity contribution >= 4 is 21.4 Å². The number of alkyl halides is 3. The average molecular weight is 499 g/mol. The largest absolute Gasteiger partial charge is 0.381 e. The molecule has 1 aliphatic carbocycles. The van der Waals surface area contributed by atoms with Gasteiger partial charge in [0, 0.05) is 38.6 Å². The minimum absolute atomic E-state index is 0. The molecule has 1 aliphatic heterocycles. The third-order valence-corrected chi connectivity index (χ3v) is 8.31. The zero-order valence-corrected chi connectivity index (χ0v) is 20.2. The van der Waals surface area contributed by atoms with Crippen LogP contribution in [0.2, 0.25) is 0 Å². The summed E-state index contributed by atoms with van der Waals surface area (Å²) in [7, 11) is -1.15. The van der Waals surface area contributed by atoms with Crippen LogP contribution < -0.4 is 5.32 Å². The lowest BCUT2D eigenvalue weighted by atomic mass is 10.0. The van der Waals surface area contributed by atoms with E-state index in [2.05, 4.69) is 60.8 Å². The quantitative estimate of drug-likeness (QED) is 0.628. The molecule has 2 aromatic carbocycles. The van der Waals surface area contributed by atoms with Crippen LogP contribution in [0.3, 0.4) is 0 Å². The van der Waals surface area contributed by atoms with E-state index in [0.717, 1.165) is 17.7 Å². The van der Waals surface area contributed by atoms with Crippen molar-refractivity contribution in [1.82, 2.24) is 4.90 Å². The van der Waals surface area contributed by atoms with E-state index in [4.69, 9.17) is 0 Å². The first kappa shape index (κ1) is 26.1. The number of benzene rings is 2. The minimum atomic E-state index is -3.67. The highest BCUT2D eigenvalue weighted by Crippen LogP contribution is 2.34. The second-order valence-electron chi connectivity index (χ2n) is 9.01. The van der Waals surface area contributed by atoms with E-state index in [-0.39, 0.29) is 24.8 Å². The van der Waals surface area contributed by atoms with Crippen LogP contribution in [0.5, 0.6) is 0 Å². The lowest BCUT2D eigenvalue weighted by molar-refractivity contribution is -0.135. The highest BCUT2D eigenvalue weighted by Gasteiger charge is 2.30. The van der Waals surface area contributed by atoms with Crippen molar-refractivity contribution in [2.75, 3.05) is 23.9 Å². The summed E-state index contributed by atoms with van der Waals surface area (Å²) in [6, 6.07) is 17.3. The van der Waals surface area contributed by atoms with Gasteiger partial charge in [-0.1, -0.05) is 43.3 Å². The van der Waals surface area contributed by atoms with Crippen LogP contribution in [0.1, 0.15) is 43.8 Å². The molecule has 4 rings (SSSR count). The van der Waals surface area contributed by atoms with Gasteiger partial charge < -0.3 is 10.2 Å². The normalized spacial score (nSPS) is 21.4. The number of carbonyl (C=O) groups excluding carboxylic acids is 1. The summed E-state index contributed by atoms with van der Waals surface area (Å²) < 4.78 is 52.2. The lowest BCUT2D eigenvalue weighted by Crippen LogP contribution is -2.37. The molecule has 0 saturated carbocycles. The first-order chi connectivity index (χ1) is 16.1. The molecule has 0 radical (unpaired) electrons. The molecule has 1 fully saturated rings. The van der Waals surface area contributed by atoms with Crippen molar-refractivity contribution in [1.29, 1.82) is 0 Å². The molecule has 0 bridgehead atoms. The molecule has 0 spiro atoms. The van der Waals surface area contributed by atoms with Crippen molar-refractivity contribution in [3.63, 3.8) is 0 Å². The number of sulfone groups is 1. The molecular weight excluding hydrogens is 465 g/mol. The Labute approximate surface area is 200 Å². The Hall–Kier alpha value is -2.55. The maximum Gasteiger partial charge on any atom is 0.379 e. The van der Waals surface area contributed by atoms with Gasteiger partial charge in [-0.15, -0.1) is 0 Å². The maximum absolute atomic E-state index is 12.7. The third-order valence-electron chi connectivity index (χ3n) is 6.59. The molecule has 0 aromatic heterocycles. The van der Waals surface area contributed by atoms with Gasteiger partial charge >= 0.3 is 6.68 Å². The molecule has 1 N–H and O–H groups in total. The zero-order valence-electron chi connectivity index (χ0n) is 19.4. The third kappa shape index (κ3) is 6.98. The highest BCUT2D eigenvalue weighted by atomic mass is 32.2. The minimum Gasteiger partial charge on any atom is -0.381 e. The molecule has 1 saturated heterocycles. The van der Waals surface area contributed by atoms with Crippen molar-refractivity contribution in [2.24, 2.45) is 5.92 Å². The van der Waals surface area contributed by atoms with E-state index < -0.39 is 16.5 Å². The van der Waals surface area contributed by atoms with Crippen LogP contribution >= 0.6 is 0 Å². The summed E-state index contributed by atoms with van der Waals surface area (Å²) >= 11 is 0. The molecule has 188 valence electrons. The predicted octanol–water partition coefficient (Wildman–Crippen LogP) is 5.03. The number of anilines is 1. The van der Waals surface area contributed by atoms with Crippen molar-refractivity contribution < 1.29 is 27.8 Å². The standard InChI is InChI=1S/C24H30N2O3S.CHF3.H2/c1-17-22-6-4-3-5-20(22)15-23(17)25-21-9-7-18(8-10-21)16-26(2)24(27)19-11-13-30(28,29)14-12-19;2-1(3)4;/h3-10,17,19,23,25H,11-16H2,1-2H3;1H;1H/t17-,23+;;/m1../s1.